The highest BCUT2D eigenvalue weighted by atomic mass is 19.1. The van der Waals surface area contributed by atoms with Crippen LogP contribution in [0.5, 0.6) is 5.75 Å². The van der Waals surface area contributed by atoms with E-state index in [2.05, 4.69) is 12.1 Å². The van der Waals surface area contributed by atoms with Crippen molar-refractivity contribution in [2.24, 2.45) is 16.9 Å². The number of primary amides is 1. The van der Waals surface area contributed by atoms with Gasteiger partial charge >= 0.3 is 0 Å². The van der Waals surface area contributed by atoms with E-state index in [-0.39, 0.29) is 29.9 Å². The maximum Gasteiger partial charge on any atom is 0.223 e. The third-order valence-electron chi connectivity index (χ3n) is 6.08. The molecule has 5 heteroatoms. The highest BCUT2D eigenvalue weighted by molar-refractivity contribution is 5.81. The summed E-state index contributed by atoms with van der Waals surface area (Å²) in [5.41, 5.74) is 12.7. The number of hydrogen-bond donors (Lipinski definition) is 2. The SMILES string of the molecule is NCC(=CF)COc1ccc(C23CCC(C(N)=O)(CC2)CC3)cc1. The fourth-order valence-electron chi connectivity index (χ4n) is 4.20. The Morgan fingerprint density at radius 2 is 1.71 bits per heavy atom. The fraction of sp³-hybridized carbons (Fsp3) is 0.526. The molecular formula is C19H25FN2O2. The van der Waals surface area contributed by atoms with Crippen LogP contribution in [0, 0.1) is 5.41 Å². The number of amides is 1. The summed E-state index contributed by atoms with van der Waals surface area (Å²) in [5.74, 6) is 0.581. The molecule has 0 aromatic heterocycles. The Morgan fingerprint density at radius 3 is 2.17 bits per heavy atom. The summed E-state index contributed by atoms with van der Waals surface area (Å²) < 4.78 is 18.1. The normalized spacial score (nSPS) is 29.5. The molecule has 4 N–H and O–H groups in total. The molecular weight excluding hydrogens is 307 g/mol. The van der Waals surface area contributed by atoms with Gasteiger partial charge in [-0.25, -0.2) is 4.39 Å². The van der Waals surface area contributed by atoms with Gasteiger partial charge in [-0.1, -0.05) is 12.1 Å². The quantitative estimate of drug-likeness (QED) is 0.840. The molecule has 0 heterocycles. The first-order chi connectivity index (χ1) is 11.5. The molecule has 3 aliphatic rings. The average molecular weight is 332 g/mol. The van der Waals surface area contributed by atoms with Crippen LogP contribution in [0.3, 0.4) is 0 Å². The molecule has 0 spiro atoms. The van der Waals surface area contributed by atoms with E-state index in [9.17, 15) is 9.18 Å². The zero-order valence-electron chi connectivity index (χ0n) is 13.9. The number of ether oxygens (including phenoxy) is 1. The van der Waals surface area contributed by atoms with Gasteiger partial charge in [-0.2, -0.15) is 0 Å². The van der Waals surface area contributed by atoms with E-state index in [4.69, 9.17) is 16.2 Å². The number of nitrogens with two attached hydrogens (primary N) is 2. The second-order valence-corrected chi connectivity index (χ2v) is 7.21. The van der Waals surface area contributed by atoms with Gasteiger partial charge in [0.25, 0.3) is 0 Å². The van der Waals surface area contributed by atoms with E-state index in [1.165, 1.54) is 5.56 Å². The Hall–Kier alpha value is -1.88. The van der Waals surface area contributed by atoms with Crippen LogP contribution in [-0.2, 0) is 10.2 Å². The molecule has 0 radical (unpaired) electrons. The summed E-state index contributed by atoms with van der Waals surface area (Å²) in [7, 11) is 0. The third-order valence-corrected chi connectivity index (χ3v) is 6.08. The number of rotatable bonds is 6. The number of halogens is 1. The minimum absolute atomic E-state index is 0.129. The third kappa shape index (κ3) is 2.93. The summed E-state index contributed by atoms with van der Waals surface area (Å²) in [6, 6.07) is 8.06. The van der Waals surface area contributed by atoms with Crippen molar-refractivity contribution in [1.82, 2.24) is 0 Å². The fourth-order valence-corrected chi connectivity index (χ4v) is 4.20. The van der Waals surface area contributed by atoms with Crippen molar-refractivity contribution in [1.29, 1.82) is 0 Å². The molecule has 4 nitrogen and oxygen atoms in total. The molecule has 1 aromatic rings. The molecule has 4 rings (SSSR count). The molecule has 3 aliphatic carbocycles. The van der Waals surface area contributed by atoms with Gasteiger partial charge in [0.15, 0.2) is 0 Å². The summed E-state index contributed by atoms with van der Waals surface area (Å²) in [6.07, 6.45) is 6.21. The van der Waals surface area contributed by atoms with Crippen molar-refractivity contribution in [2.45, 2.75) is 43.9 Å². The van der Waals surface area contributed by atoms with Crippen molar-refractivity contribution in [3.8, 4) is 5.75 Å². The van der Waals surface area contributed by atoms with E-state index < -0.39 is 0 Å². The lowest BCUT2D eigenvalue weighted by Crippen LogP contribution is -2.50. The van der Waals surface area contributed by atoms with Crippen molar-refractivity contribution < 1.29 is 13.9 Å². The molecule has 3 saturated carbocycles. The van der Waals surface area contributed by atoms with Gasteiger partial charge < -0.3 is 16.2 Å². The Balaban J connectivity index is 1.68. The second kappa shape index (κ2) is 6.55. The molecule has 24 heavy (non-hydrogen) atoms. The first kappa shape index (κ1) is 17.0. The van der Waals surface area contributed by atoms with Crippen LogP contribution in [0.4, 0.5) is 4.39 Å². The number of fused-ring (bicyclic) bond motifs is 3. The van der Waals surface area contributed by atoms with Gasteiger partial charge in [-0.15, -0.1) is 0 Å². The molecule has 1 aromatic carbocycles. The maximum absolute atomic E-state index is 12.5. The van der Waals surface area contributed by atoms with Gasteiger partial charge in [0.05, 0.1) is 6.33 Å². The number of carbonyl (C=O) groups excluding carboxylic acids is 1. The van der Waals surface area contributed by atoms with E-state index in [0.29, 0.717) is 17.7 Å². The molecule has 0 atom stereocenters. The largest absolute Gasteiger partial charge is 0.489 e. The standard InChI is InChI=1S/C19H25FN2O2/c20-11-14(12-21)13-24-16-3-1-15(2-4-16)18-5-8-19(9-6-18,10-7-18)17(22)23/h1-4,11H,5-10,12-13,21H2,(H2,22,23). The summed E-state index contributed by atoms with van der Waals surface area (Å²) in [4.78, 5) is 11.8. The Labute approximate surface area is 142 Å². The van der Waals surface area contributed by atoms with Gasteiger partial charge in [0.1, 0.15) is 12.4 Å². The number of carbonyl (C=O) groups is 1. The minimum Gasteiger partial charge on any atom is -0.489 e. The lowest BCUT2D eigenvalue weighted by molar-refractivity contribution is -0.134. The lowest BCUT2D eigenvalue weighted by atomic mass is 9.51. The minimum atomic E-state index is -0.262. The Kier molecular flexibility index (Phi) is 4.63. The maximum atomic E-state index is 12.5. The first-order valence-electron chi connectivity index (χ1n) is 8.55. The average Bonchev–Trinajstić information content (AvgIpc) is 2.64. The van der Waals surface area contributed by atoms with Crippen LogP contribution >= 0.6 is 0 Å². The summed E-state index contributed by atoms with van der Waals surface area (Å²) in [6.45, 7) is 0.317. The topological polar surface area (TPSA) is 78.3 Å². The predicted octanol–water partition coefficient (Wildman–Crippen LogP) is 2.95. The second-order valence-electron chi connectivity index (χ2n) is 7.21. The highest BCUT2D eigenvalue weighted by Gasteiger charge is 2.52. The van der Waals surface area contributed by atoms with Gasteiger partial charge in [-0.3, -0.25) is 4.79 Å². The molecule has 1 amide bonds. The molecule has 0 saturated heterocycles. The molecule has 2 bridgehead atoms. The zero-order chi connectivity index (χ0) is 17.2. The van der Waals surface area contributed by atoms with Crippen molar-refractivity contribution in [3.05, 3.63) is 41.7 Å². The van der Waals surface area contributed by atoms with Crippen LogP contribution in [0.25, 0.3) is 0 Å². The van der Waals surface area contributed by atoms with E-state index in [1.54, 1.807) is 0 Å². The van der Waals surface area contributed by atoms with E-state index >= 15 is 0 Å². The Morgan fingerprint density at radius 1 is 1.12 bits per heavy atom. The molecule has 3 fully saturated rings. The Bertz CT molecular complexity index is 615. The van der Waals surface area contributed by atoms with Gasteiger partial charge in [0, 0.05) is 17.5 Å². The highest BCUT2D eigenvalue weighted by Crippen LogP contribution is 2.57. The van der Waals surface area contributed by atoms with Gasteiger partial charge in [-0.05, 0) is 61.6 Å². The number of hydrogen-bond acceptors (Lipinski definition) is 3. The van der Waals surface area contributed by atoms with E-state index in [0.717, 1.165) is 38.5 Å². The molecule has 130 valence electrons. The predicted molar refractivity (Wildman–Crippen MR) is 91.2 cm³/mol. The smallest absolute Gasteiger partial charge is 0.223 e. The zero-order valence-corrected chi connectivity index (χ0v) is 13.9. The van der Waals surface area contributed by atoms with Crippen LogP contribution < -0.4 is 16.2 Å². The molecule has 0 unspecified atom stereocenters. The van der Waals surface area contributed by atoms with E-state index in [1.807, 2.05) is 12.1 Å². The first-order valence-corrected chi connectivity index (χ1v) is 8.55. The lowest BCUT2D eigenvalue weighted by Gasteiger charge is -2.52. The van der Waals surface area contributed by atoms with Gasteiger partial charge in [0.2, 0.25) is 5.91 Å². The number of benzene rings is 1. The van der Waals surface area contributed by atoms with Crippen LogP contribution in [-0.4, -0.2) is 19.1 Å². The van der Waals surface area contributed by atoms with Crippen LogP contribution in [0.1, 0.15) is 44.1 Å². The monoisotopic (exact) mass is 332 g/mol. The summed E-state index contributed by atoms with van der Waals surface area (Å²) >= 11 is 0. The van der Waals surface area contributed by atoms with Crippen molar-refractivity contribution in [3.63, 3.8) is 0 Å². The van der Waals surface area contributed by atoms with Crippen molar-refractivity contribution >= 4 is 5.91 Å². The van der Waals surface area contributed by atoms with Crippen molar-refractivity contribution in [2.75, 3.05) is 13.2 Å². The summed E-state index contributed by atoms with van der Waals surface area (Å²) in [5, 5.41) is 0. The molecule has 0 aliphatic heterocycles. The van der Waals surface area contributed by atoms with Crippen LogP contribution in [0.15, 0.2) is 36.2 Å². The van der Waals surface area contributed by atoms with Crippen LogP contribution in [0.2, 0.25) is 0 Å².